The van der Waals surface area contributed by atoms with Crippen molar-refractivity contribution in [1.82, 2.24) is 4.57 Å². The summed E-state index contributed by atoms with van der Waals surface area (Å²) in [5.41, 5.74) is 7.41. The fraction of sp³-hybridized carbons (Fsp3) is 0.0769. The molecule has 0 bridgehead atoms. The molecule has 1 aliphatic rings. The number of rotatable bonds is 2. The van der Waals surface area contributed by atoms with Gasteiger partial charge >= 0.3 is 0 Å². The Hall–Kier alpha value is -3.72. The normalized spacial score (nSPS) is 13.4. The maximum absolute atomic E-state index is 2.38. The van der Waals surface area contributed by atoms with Crippen molar-refractivity contribution >= 4 is 38.9 Å². The number of nitrogens with zero attached hydrogens (tertiary/aromatic N) is 3. The van der Waals surface area contributed by atoms with Crippen molar-refractivity contribution in [3.05, 3.63) is 97.1 Å². The van der Waals surface area contributed by atoms with Crippen LogP contribution < -0.4 is 9.80 Å². The molecule has 5 aromatic rings. The largest absolute Gasteiger partial charge is 0.355 e. The van der Waals surface area contributed by atoms with E-state index in [9.17, 15) is 0 Å². The third-order valence-electron chi connectivity index (χ3n) is 5.92. The van der Waals surface area contributed by atoms with Crippen molar-refractivity contribution < 1.29 is 0 Å². The van der Waals surface area contributed by atoms with Crippen LogP contribution in [0.5, 0.6) is 0 Å². The molecule has 1 aliphatic heterocycles. The smallest absolute Gasteiger partial charge is 0.0950 e. The molecule has 0 unspecified atom stereocenters. The number of benzene rings is 4. The van der Waals surface area contributed by atoms with Crippen LogP contribution in [-0.4, -0.2) is 18.3 Å². The van der Waals surface area contributed by atoms with Gasteiger partial charge < -0.3 is 14.4 Å². The number of para-hydroxylation sites is 4. The van der Waals surface area contributed by atoms with Crippen LogP contribution in [-0.2, 0) is 0 Å². The molecule has 4 aromatic carbocycles. The van der Waals surface area contributed by atoms with Gasteiger partial charge in [0, 0.05) is 29.2 Å². The van der Waals surface area contributed by atoms with Crippen molar-refractivity contribution in [3.63, 3.8) is 0 Å². The zero-order chi connectivity index (χ0) is 19.4. The lowest BCUT2D eigenvalue weighted by atomic mass is 10.2. The number of hydrogen-bond donors (Lipinski definition) is 0. The molecule has 3 heteroatoms. The first-order valence-electron chi connectivity index (χ1n) is 9.97. The molecule has 0 atom stereocenters. The van der Waals surface area contributed by atoms with Gasteiger partial charge in [0.25, 0.3) is 0 Å². The Morgan fingerprint density at radius 2 is 1.17 bits per heavy atom. The van der Waals surface area contributed by atoms with Gasteiger partial charge in [-0.2, -0.15) is 0 Å². The summed E-state index contributed by atoms with van der Waals surface area (Å²) in [6.45, 7) is 0.857. The molecule has 0 spiro atoms. The first-order valence-corrected chi connectivity index (χ1v) is 9.97. The van der Waals surface area contributed by atoms with Crippen molar-refractivity contribution in [1.29, 1.82) is 0 Å². The van der Waals surface area contributed by atoms with E-state index in [2.05, 4.69) is 118 Å². The summed E-state index contributed by atoms with van der Waals surface area (Å²) in [6, 6.07) is 34.8. The summed E-state index contributed by atoms with van der Waals surface area (Å²) in [7, 11) is 2.15. The number of fused-ring (bicyclic) bond motifs is 4. The minimum atomic E-state index is 0.857. The molecule has 0 amide bonds. The molecule has 0 aliphatic carbocycles. The molecule has 0 saturated heterocycles. The molecular weight excluding hydrogens is 354 g/mol. The van der Waals surface area contributed by atoms with E-state index in [1.807, 2.05) is 0 Å². The molecule has 140 valence electrons. The van der Waals surface area contributed by atoms with Gasteiger partial charge in [0.05, 0.1) is 29.1 Å². The molecule has 2 heterocycles. The summed E-state index contributed by atoms with van der Waals surface area (Å²) in [6.07, 6.45) is 0. The Balaban J connectivity index is 1.56. The molecule has 6 rings (SSSR count). The highest BCUT2D eigenvalue weighted by Crippen LogP contribution is 2.40. The third kappa shape index (κ3) is 2.37. The summed E-state index contributed by atoms with van der Waals surface area (Å²) >= 11 is 0. The van der Waals surface area contributed by atoms with E-state index in [4.69, 9.17) is 0 Å². The highest BCUT2D eigenvalue weighted by Gasteiger charge is 2.24. The molecule has 0 N–H and O–H groups in total. The topological polar surface area (TPSA) is 11.4 Å². The predicted octanol–water partition coefficient (Wildman–Crippen LogP) is 6.33. The second kappa shape index (κ2) is 6.14. The van der Waals surface area contributed by atoms with Crippen LogP contribution in [0.2, 0.25) is 0 Å². The monoisotopic (exact) mass is 375 g/mol. The molecule has 1 aromatic heterocycles. The quantitative estimate of drug-likeness (QED) is 0.357. The van der Waals surface area contributed by atoms with Gasteiger partial charge in [0.15, 0.2) is 0 Å². The van der Waals surface area contributed by atoms with Gasteiger partial charge in [-0.3, -0.25) is 0 Å². The van der Waals surface area contributed by atoms with Crippen LogP contribution in [0.1, 0.15) is 0 Å². The van der Waals surface area contributed by atoms with E-state index in [0.29, 0.717) is 0 Å². The lowest BCUT2D eigenvalue weighted by Gasteiger charge is -2.21. The number of anilines is 3. The minimum absolute atomic E-state index is 0.857. The van der Waals surface area contributed by atoms with Crippen LogP contribution in [0.15, 0.2) is 97.1 Å². The summed E-state index contributed by atoms with van der Waals surface area (Å²) in [5.74, 6) is 0. The summed E-state index contributed by atoms with van der Waals surface area (Å²) < 4.78 is 2.37. The highest BCUT2D eigenvalue weighted by molar-refractivity contribution is 6.09. The lowest BCUT2D eigenvalue weighted by molar-refractivity contribution is 0.948. The molecule has 29 heavy (non-hydrogen) atoms. The zero-order valence-electron chi connectivity index (χ0n) is 16.3. The average molecular weight is 375 g/mol. The minimum Gasteiger partial charge on any atom is -0.355 e. The van der Waals surface area contributed by atoms with Gasteiger partial charge in [0.1, 0.15) is 0 Å². The molecule has 0 fully saturated rings. The second-order valence-electron chi connectivity index (χ2n) is 7.65. The Morgan fingerprint density at radius 1 is 0.586 bits per heavy atom. The average Bonchev–Trinajstić information content (AvgIpc) is 3.29. The SMILES string of the molecule is CN1CN(c2cccc(-n3c4ccccc4c4ccccc43)c2)c2ccccc21. The van der Waals surface area contributed by atoms with Crippen molar-refractivity contribution in [2.24, 2.45) is 0 Å². The Morgan fingerprint density at radius 3 is 1.90 bits per heavy atom. The standard InChI is InChI=1S/C26H21N3/c1-27-18-28(26-16-7-6-15-25(26)27)19-9-8-10-20(17-19)29-23-13-4-2-11-21(23)22-12-3-5-14-24(22)29/h2-17H,18H2,1H3. The fourth-order valence-corrected chi connectivity index (χ4v) is 4.60. The highest BCUT2D eigenvalue weighted by atomic mass is 15.4. The maximum Gasteiger partial charge on any atom is 0.0950 e. The van der Waals surface area contributed by atoms with Gasteiger partial charge in [0.2, 0.25) is 0 Å². The maximum atomic E-state index is 2.38. The van der Waals surface area contributed by atoms with E-state index in [1.165, 1.54) is 44.6 Å². The third-order valence-corrected chi connectivity index (χ3v) is 5.92. The zero-order valence-corrected chi connectivity index (χ0v) is 16.3. The van der Waals surface area contributed by atoms with Crippen LogP contribution in [0, 0.1) is 0 Å². The molecule has 3 nitrogen and oxygen atoms in total. The first-order chi connectivity index (χ1) is 14.3. The van der Waals surface area contributed by atoms with Crippen LogP contribution >= 0.6 is 0 Å². The van der Waals surface area contributed by atoms with Gasteiger partial charge in [-0.1, -0.05) is 54.6 Å². The summed E-state index contributed by atoms with van der Waals surface area (Å²) in [4.78, 5) is 4.68. The van der Waals surface area contributed by atoms with Gasteiger partial charge in [-0.15, -0.1) is 0 Å². The van der Waals surface area contributed by atoms with Crippen LogP contribution in [0.25, 0.3) is 27.5 Å². The van der Waals surface area contributed by atoms with E-state index < -0.39 is 0 Å². The van der Waals surface area contributed by atoms with Crippen molar-refractivity contribution in [3.8, 4) is 5.69 Å². The van der Waals surface area contributed by atoms with Crippen molar-refractivity contribution in [2.45, 2.75) is 0 Å². The number of hydrogen-bond acceptors (Lipinski definition) is 2. The van der Waals surface area contributed by atoms with E-state index in [1.54, 1.807) is 0 Å². The Kier molecular flexibility index (Phi) is 3.44. The molecule has 0 saturated carbocycles. The van der Waals surface area contributed by atoms with E-state index in [-0.39, 0.29) is 0 Å². The Labute approximate surface area is 170 Å². The second-order valence-corrected chi connectivity index (χ2v) is 7.65. The lowest BCUT2D eigenvalue weighted by Crippen LogP contribution is -2.24. The molecule has 0 radical (unpaired) electrons. The number of aromatic nitrogens is 1. The van der Waals surface area contributed by atoms with Crippen LogP contribution in [0.3, 0.4) is 0 Å². The van der Waals surface area contributed by atoms with E-state index in [0.717, 1.165) is 6.67 Å². The first kappa shape index (κ1) is 16.3. The van der Waals surface area contributed by atoms with Crippen molar-refractivity contribution in [2.75, 3.05) is 23.5 Å². The summed E-state index contributed by atoms with van der Waals surface area (Å²) in [5, 5.41) is 2.58. The Bertz CT molecular complexity index is 1310. The van der Waals surface area contributed by atoms with Gasteiger partial charge in [-0.05, 0) is 42.5 Å². The van der Waals surface area contributed by atoms with E-state index >= 15 is 0 Å². The van der Waals surface area contributed by atoms with Crippen LogP contribution in [0.4, 0.5) is 17.1 Å². The van der Waals surface area contributed by atoms with Gasteiger partial charge in [-0.25, -0.2) is 0 Å². The predicted molar refractivity (Wildman–Crippen MR) is 123 cm³/mol. The fourth-order valence-electron chi connectivity index (χ4n) is 4.60. The molecular formula is C26H21N3.